The lowest BCUT2D eigenvalue weighted by molar-refractivity contribution is -0.126. The number of unbranched alkanes of at least 4 members (excludes halogenated alkanes) is 1. The van der Waals surface area contributed by atoms with Gasteiger partial charge >= 0.3 is 0 Å². The molecule has 1 spiro atoms. The molecule has 1 atom stereocenters. The van der Waals surface area contributed by atoms with E-state index in [1.54, 1.807) is 6.20 Å². The lowest BCUT2D eigenvalue weighted by Gasteiger charge is -2.50. The highest BCUT2D eigenvalue weighted by Crippen LogP contribution is 2.50. The van der Waals surface area contributed by atoms with Gasteiger partial charge < -0.3 is 10.2 Å². The maximum absolute atomic E-state index is 13.5. The molecule has 1 fully saturated rings. The van der Waals surface area contributed by atoms with E-state index in [-0.39, 0.29) is 17.7 Å². The van der Waals surface area contributed by atoms with Crippen molar-refractivity contribution in [3.05, 3.63) is 65.5 Å². The van der Waals surface area contributed by atoms with E-state index < -0.39 is 5.54 Å². The minimum Gasteiger partial charge on any atom is -0.350 e. The first-order valence-corrected chi connectivity index (χ1v) is 10.8. The number of benzene rings is 1. The Morgan fingerprint density at radius 3 is 2.66 bits per heavy atom. The van der Waals surface area contributed by atoms with Gasteiger partial charge in [0.15, 0.2) is 0 Å². The van der Waals surface area contributed by atoms with Gasteiger partial charge in [0, 0.05) is 18.3 Å². The smallest absolute Gasteiger partial charge is 0.254 e. The molecule has 0 bridgehead atoms. The van der Waals surface area contributed by atoms with Gasteiger partial charge in [-0.3, -0.25) is 14.6 Å². The fourth-order valence-electron chi connectivity index (χ4n) is 5.09. The molecular weight excluding hydrogens is 362 g/mol. The molecule has 2 amide bonds. The molecule has 1 unspecified atom stereocenters. The highest BCUT2D eigenvalue weighted by atomic mass is 16.2. The third-order valence-electron chi connectivity index (χ3n) is 6.46. The van der Waals surface area contributed by atoms with Gasteiger partial charge in [0.25, 0.3) is 5.91 Å². The van der Waals surface area contributed by atoms with Crippen LogP contribution in [0.25, 0.3) is 0 Å². The summed E-state index contributed by atoms with van der Waals surface area (Å²) in [6.45, 7) is 3.26. The quantitative estimate of drug-likeness (QED) is 0.808. The molecule has 5 heteroatoms. The molecule has 4 rings (SSSR count). The van der Waals surface area contributed by atoms with Crippen LogP contribution in [-0.2, 0) is 11.3 Å². The van der Waals surface area contributed by atoms with Crippen molar-refractivity contribution < 1.29 is 9.59 Å². The number of pyridine rings is 1. The van der Waals surface area contributed by atoms with Gasteiger partial charge in [-0.05, 0) is 43.0 Å². The van der Waals surface area contributed by atoms with Crippen molar-refractivity contribution in [2.75, 3.05) is 6.54 Å². The van der Waals surface area contributed by atoms with Crippen LogP contribution >= 0.6 is 0 Å². The van der Waals surface area contributed by atoms with E-state index in [9.17, 15) is 9.59 Å². The fraction of sp³-hybridized carbons (Fsp3) is 0.458. The number of nitrogens with one attached hydrogen (secondary N) is 1. The van der Waals surface area contributed by atoms with E-state index in [1.807, 2.05) is 47.4 Å². The summed E-state index contributed by atoms with van der Waals surface area (Å²) in [4.78, 5) is 33.3. The van der Waals surface area contributed by atoms with Crippen LogP contribution in [0, 0.1) is 0 Å². The standard InChI is InChI=1S/C24H29N3O2/c1-2-3-16-27-23(29)20-12-5-4-11-19(20)21(24(27)13-7-8-14-24)22(28)26-17-18-10-6-9-15-25-18/h4-6,9-12,15,21H,2-3,7-8,13-14,16-17H2,1H3,(H,26,28). The second-order valence-electron chi connectivity index (χ2n) is 8.18. The summed E-state index contributed by atoms with van der Waals surface area (Å²) >= 11 is 0. The predicted molar refractivity (Wildman–Crippen MR) is 112 cm³/mol. The normalized spacial score (nSPS) is 20.0. The molecule has 152 valence electrons. The van der Waals surface area contributed by atoms with Gasteiger partial charge in [-0.2, -0.15) is 0 Å². The van der Waals surface area contributed by atoms with Crippen molar-refractivity contribution in [1.82, 2.24) is 15.2 Å². The van der Waals surface area contributed by atoms with Gasteiger partial charge in [0.1, 0.15) is 0 Å². The number of fused-ring (bicyclic) bond motifs is 1. The molecule has 29 heavy (non-hydrogen) atoms. The maximum Gasteiger partial charge on any atom is 0.254 e. The Hall–Kier alpha value is -2.69. The zero-order valence-corrected chi connectivity index (χ0v) is 17.1. The number of aromatic nitrogens is 1. The number of amides is 2. The number of nitrogens with zero attached hydrogens (tertiary/aromatic N) is 2. The fourth-order valence-corrected chi connectivity index (χ4v) is 5.09. The molecule has 1 saturated carbocycles. The Kier molecular flexibility index (Phi) is 5.65. The summed E-state index contributed by atoms with van der Waals surface area (Å²) in [7, 11) is 0. The third-order valence-corrected chi connectivity index (χ3v) is 6.46. The van der Waals surface area contributed by atoms with Gasteiger partial charge in [0.05, 0.1) is 23.7 Å². The summed E-state index contributed by atoms with van der Waals surface area (Å²) in [6, 6.07) is 13.4. The summed E-state index contributed by atoms with van der Waals surface area (Å²) < 4.78 is 0. The average Bonchev–Trinajstić information content (AvgIpc) is 3.23. The van der Waals surface area contributed by atoms with Crippen molar-refractivity contribution in [2.45, 2.75) is 63.5 Å². The molecule has 5 nitrogen and oxygen atoms in total. The number of hydrogen-bond acceptors (Lipinski definition) is 3. The monoisotopic (exact) mass is 391 g/mol. The second-order valence-corrected chi connectivity index (χ2v) is 8.18. The Morgan fingerprint density at radius 1 is 1.17 bits per heavy atom. The minimum atomic E-state index is -0.408. The van der Waals surface area contributed by atoms with Crippen LogP contribution < -0.4 is 5.32 Å². The van der Waals surface area contributed by atoms with Gasteiger partial charge in [0.2, 0.25) is 5.91 Å². The average molecular weight is 392 g/mol. The molecule has 2 aromatic rings. The van der Waals surface area contributed by atoms with Gasteiger partial charge in [-0.15, -0.1) is 0 Å². The Bertz CT molecular complexity index is 875. The van der Waals surface area contributed by atoms with Gasteiger partial charge in [-0.25, -0.2) is 0 Å². The lowest BCUT2D eigenvalue weighted by atomic mass is 9.71. The van der Waals surface area contributed by atoms with Crippen molar-refractivity contribution in [2.24, 2.45) is 0 Å². The van der Waals surface area contributed by atoms with E-state index in [2.05, 4.69) is 17.2 Å². The zero-order chi connectivity index (χ0) is 20.3. The molecular formula is C24H29N3O2. The Morgan fingerprint density at radius 2 is 1.93 bits per heavy atom. The van der Waals surface area contributed by atoms with E-state index in [1.165, 1.54) is 0 Å². The second kappa shape index (κ2) is 8.36. The van der Waals surface area contributed by atoms with Crippen molar-refractivity contribution >= 4 is 11.8 Å². The minimum absolute atomic E-state index is 0.000925. The molecule has 1 aliphatic heterocycles. The molecule has 2 heterocycles. The van der Waals surface area contributed by atoms with Crippen LogP contribution in [0.1, 0.15) is 73.0 Å². The molecule has 1 N–H and O–H groups in total. The van der Waals surface area contributed by atoms with Crippen LogP contribution in [-0.4, -0.2) is 33.8 Å². The molecule has 0 saturated heterocycles. The van der Waals surface area contributed by atoms with Crippen LogP contribution in [0.5, 0.6) is 0 Å². The number of carbonyl (C=O) groups is 2. The van der Waals surface area contributed by atoms with E-state index in [0.717, 1.165) is 49.8 Å². The highest BCUT2D eigenvalue weighted by molar-refractivity contribution is 6.02. The molecule has 1 aliphatic carbocycles. The molecule has 2 aliphatic rings. The van der Waals surface area contributed by atoms with E-state index >= 15 is 0 Å². The highest BCUT2D eigenvalue weighted by Gasteiger charge is 2.55. The number of hydrogen-bond donors (Lipinski definition) is 1. The lowest BCUT2D eigenvalue weighted by Crippen LogP contribution is -2.60. The predicted octanol–water partition coefficient (Wildman–Crippen LogP) is 4.05. The SMILES string of the molecule is CCCCN1C(=O)c2ccccc2C(C(=O)NCc2ccccn2)C12CCCC2. The maximum atomic E-state index is 13.5. The summed E-state index contributed by atoms with van der Waals surface area (Å²) in [5.41, 5.74) is 1.99. The van der Waals surface area contributed by atoms with E-state index in [4.69, 9.17) is 0 Å². The van der Waals surface area contributed by atoms with Crippen LogP contribution in [0.15, 0.2) is 48.7 Å². The summed E-state index contributed by atoms with van der Waals surface area (Å²) in [5.74, 6) is -0.247. The first-order chi connectivity index (χ1) is 14.2. The van der Waals surface area contributed by atoms with Crippen molar-refractivity contribution in [3.8, 4) is 0 Å². The Balaban J connectivity index is 1.71. The molecule has 1 aromatic heterocycles. The van der Waals surface area contributed by atoms with Crippen LogP contribution in [0.2, 0.25) is 0 Å². The van der Waals surface area contributed by atoms with Crippen molar-refractivity contribution in [1.29, 1.82) is 0 Å². The zero-order valence-electron chi connectivity index (χ0n) is 17.1. The van der Waals surface area contributed by atoms with E-state index in [0.29, 0.717) is 18.7 Å². The van der Waals surface area contributed by atoms with Crippen LogP contribution in [0.4, 0.5) is 0 Å². The third kappa shape index (κ3) is 3.54. The van der Waals surface area contributed by atoms with Gasteiger partial charge in [-0.1, -0.05) is 50.5 Å². The summed E-state index contributed by atoms with van der Waals surface area (Å²) in [6.07, 6.45) is 7.61. The topological polar surface area (TPSA) is 62.3 Å². The first-order valence-electron chi connectivity index (χ1n) is 10.8. The number of carbonyl (C=O) groups excluding carboxylic acids is 2. The summed E-state index contributed by atoms with van der Waals surface area (Å²) in [5, 5.41) is 3.11. The van der Waals surface area contributed by atoms with Crippen LogP contribution in [0.3, 0.4) is 0 Å². The Labute approximate surface area is 172 Å². The first kappa shape index (κ1) is 19.6. The van der Waals surface area contributed by atoms with Crippen molar-refractivity contribution in [3.63, 3.8) is 0 Å². The largest absolute Gasteiger partial charge is 0.350 e. The molecule has 0 radical (unpaired) electrons. The molecule has 1 aromatic carbocycles. The number of rotatable bonds is 6.